The number of amides is 1. The van der Waals surface area contributed by atoms with E-state index in [-0.39, 0.29) is 39.8 Å². The molecule has 14 heteroatoms. The highest BCUT2D eigenvalue weighted by Crippen LogP contribution is 2.40. The Morgan fingerprint density at radius 1 is 0.975 bits per heavy atom. The molecule has 1 unspecified atom stereocenters. The molecule has 0 aromatic heterocycles. The van der Waals surface area contributed by atoms with E-state index in [4.69, 9.17) is 0 Å². The zero-order chi connectivity index (χ0) is 29.0. The molecule has 2 aliphatic rings. The molecule has 2 N–H and O–H groups in total. The van der Waals surface area contributed by atoms with Gasteiger partial charge in [0.05, 0.1) is 33.9 Å². The van der Waals surface area contributed by atoms with Gasteiger partial charge in [0.25, 0.3) is 0 Å². The average molecular weight is 589 g/mol. The molecule has 2 heterocycles. The summed E-state index contributed by atoms with van der Waals surface area (Å²) in [4.78, 5) is 28.2. The normalized spacial score (nSPS) is 18.1. The van der Waals surface area contributed by atoms with Crippen molar-refractivity contribution in [1.29, 1.82) is 0 Å². The lowest BCUT2D eigenvalue weighted by atomic mass is 9.87. The number of hydrogen-bond donors (Lipinski definition) is 2. The van der Waals surface area contributed by atoms with Gasteiger partial charge in [0, 0.05) is 25.4 Å². The minimum atomic E-state index is -4.26. The Kier molecular flexibility index (Phi) is 6.72. The minimum Gasteiger partial charge on any atom is -0.356 e. The van der Waals surface area contributed by atoms with Gasteiger partial charge in [0.2, 0.25) is 15.7 Å². The first-order chi connectivity index (χ1) is 18.8. The summed E-state index contributed by atoms with van der Waals surface area (Å²) in [6.45, 7) is -0.0898. The van der Waals surface area contributed by atoms with Crippen molar-refractivity contribution in [3.63, 3.8) is 0 Å². The molecule has 0 spiro atoms. The molecular weight excluding hydrogens is 566 g/mol. The van der Waals surface area contributed by atoms with Crippen molar-refractivity contribution >= 4 is 48.8 Å². The van der Waals surface area contributed by atoms with E-state index in [1.165, 1.54) is 61.5 Å². The zero-order valence-electron chi connectivity index (χ0n) is 21.1. The number of halogens is 2. The summed E-state index contributed by atoms with van der Waals surface area (Å²) < 4.78 is 81.7. The third-order valence-corrected chi connectivity index (χ3v) is 9.40. The number of anilines is 3. The Balaban J connectivity index is 1.54. The first-order valence-electron chi connectivity index (χ1n) is 11.7. The van der Waals surface area contributed by atoms with E-state index in [1.807, 2.05) is 0 Å². The van der Waals surface area contributed by atoms with Crippen molar-refractivity contribution in [2.75, 3.05) is 29.0 Å². The van der Waals surface area contributed by atoms with Crippen LogP contribution in [0.5, 0.6) is 0 Å². The largest absolute Gasteiger partial charge is 0.356 e. The number of fused-ring (bicyclic) bond motifs is 2. The second kappa shape index (κ2) is 9.80. The van der Waals surface area contributed by atoms with Crippen LogP contribution in [0.4, 0.5) is 25.8 Å². The van der Waals surface area contributed by atoms with Crippen LogP contribution in [0.25, 0.3) is 0 Å². The molecule has 0 radical (unpaired) electrons. The number of hydrogen-bond acceptors (Lipinski definition) is 7. The Morgan fingerprint density at radius 2 is 1.65 bits per heavy atom. The zero-order valence-corrected chi connectivity index (χ0v) is 22.7. The molecule has 1 amide bonds. The highest BCUT2D eigenvalue weighted by atomic mass is 32.2. The topological polar surface area (TPSA) is 133 Å². The lowest BCUT2D eigenvalue weighted by molar-refractivity contribution is -0.120. The fourth-order valence-electron chi connectivity index (χ4n) is 4.41. The molecule has 0 aliphatic carbocycles. The van der Waals surface area contributed by atoms with Crippen molar-refractivity contribution in [1.82, 2.24) is 4.31 Å². The fourth-order valence-corrected chi connectivity index (χ4v) is 6.39. The van der Waals surface area contributed by atoms with Gasteiger partial charge in [-0.2, -0.15) is 12.7 Å². The molecule has 5 rings (SSSR count). The molecule has 0 fully saturated rings. The van der Waals surface area contributed by atoms with Crippen LogP contribution in [0.1, 0.15) is 15.9 Å². The number of Topliss-reactive ketones (excluding diaryl/α,β-unsaturated/α-hetero) is 1. The quantitative estimate of drug-likeness (QED) is 0.423. The molecule has 0 saturated carbocycles. The van der Waals surface area contributed by atoms with Gasteiger partial charge in [0.15, 0.2) is 5.78 Å². The molecule has 0 bridgehead atoms. The number of carbonyl (C=O) groups is 2. The minimum absolute atomic E-state index is 0.0148. The summed E-state index contributed by atoms with van der Waals surface area (Å²) in [5, 5.41) is 3.55. The van der Waals surface area contributed by atoms with Crippen LogP contribution < -0.4 is 14.9 Å². The Bertz CT molecular complexity index is 1810. The summed E-state index contributed by atoms with van der Waals surface area (Å²) in [5.41, 5.74) is 0.286. The summed E-state index contributed by atoms with van der Waals surface area (Å²) in [6, 6.07) is 12.4. The van der Waals surface area contributed by atoms with Gasteiger partial charge in [0.1, 0.15) is 17.6 Å². The maximum Gasteiger partial charge on any atom is 0.301 e. The average Bonchev–Trinajstić information content (AvgIpc) is 2.88. The van der Waals surface area contributed by atoms with Crippen LogP contribution >= 0.6 is 0 Å². The lowest BCUT2D eigenvalue weighted by Gasteiger charge is -2.35. The van der Waals surface area contributed by atoms with Gasteiger partial charge < -0.3 is 10.2 Å². The first-order valence-corrected chi connectivity index (χ1v) is 14.7. The first kappa shape index (κ1) is 27.4. The molecular formula is C26H22F2N4O6S2. The summed E-state index contributed by atoms with van der Waals surface area (Å²) in [5.74, 6) is -4.42. The third-order valence-electron chi connectivity index (χ3n) is 6.43. The molecule has 3 aromatic carbocycles. The van der Waals surface area contributed by atoms with Crippen LogP contribution in [0.3, 0.4) is 0 Å². The van der Waals surface area contributed by atoms with Gasteiger partial charge in [-0.1, -0.05) is 12.1 Å². The summed E-state index contributed by atoms with van der Waals surface area (Å²) in [6.07, 6.45) is 0. The van der Waals surface area contributed by atoms with Crippen molar-refractivity contribution in [3.05, 3.63) is 94.5 Å². The number of ketones is 1. The second-order valence-corrected chi connectivity index (χ2v) is 13.0. The lowest BCUT2D eigenvalue weighted by Crippen LogP contribution is -2.46. The predicted molar refractivity (Wildman–Crippen MR) is 143 cm³/mol. The smallest absolute Gasteiger partial charge is 0.301 e. The van der Waals surface area contributed by atoms with Gasteiger partial charge in [-0.3, -0.25) is 14.3 Å². The number of carbonyl (C=O) groups excluding carboxylic acids is 2. The van der Waals surface area contributed by atoms with E-state index in [9.17, 15) is 35.2 Å². The number of nitrogens with zero attached hydrogens (tertiary/aromatic N) is 2. The molecule has 10 nitrogen and oxygen atoms in total. The summed E-state index contributed by atoms with van der Waals surface area (Å²) in [7, 11) is -5.58. The van der Waals surface area contributed by atoms with Gasteiger partial charge in [-0.25, -0.2) is 17.2 Å². The SMILES string of the molecule is CN(C)S(=O)(=O)Nc1ccc2c(c1)S(=O)(=O)C=C(C1C(=O)c3cc(F)ccc3N(Cc3ccc(F)cc3)C1=O)N2. The molecule has 3 aromatic rings. The van der Waals surface area contributed by atoms with Crippen LogP contribution in [0, 0.1) is 17.6 Å². The maximum absolute atomic E-state index is 14.2. The Labute approximate surface area is 229 Å². The van der Waals surface area contributed by atoms with Crippen LogP contribution in [0.15, 0.2) is 76.7 Å². The Morgan fingerprint density at radius 3 is 2.33 bits per heavy atom. The maximum atomic E-state index is 14.2. The van der Waals surface area contributed by atoms with E-state index in [2.05, 4.69) is 10.0 Å². The van der Waals surface area contributed by atoms with Crippen molar-refractivity contribution < 1.29 is 35.2 Å². The van der Waals surface area contributed by atoms with Crippen molar-refractivity contribution in [2.45, 2.75) is 11.4 Å². The van der Waals surface area contributed by atoms with Crippen molar-refractivity contribution in [2.24, 2.45) is 5.92 Å². The number of nitrogens with one attached hydrogen (secondary N) is 2. The highest BCUT2D eigenvalue weighted by molar-refractivity contribution is 7.94. The van der Waals surface area contributed by atoms with E-state index in [1.54, 1.807) is 0 Å². The third kappa shape index (κ3) is 4.96. The standard InChI is InChI=1S/C26H22F2N4O6S2/c1-31(2)40(37,38)30-18-8-9-20-23(12-18)39(35,36)14-21(29-20)24-25(33)19-11-17(28)7-10-22(19)32(26(24)34)13-15-3-5-16(27)6-4-15/h3-12,14,24,29-30H,13H2,1-2H3. The van der Waals surface area contributed by atoms with Gasteiger partial charge in [-0.05, 0) is 54.1 Å². The highest BCUT2D eigenvalue weighted by Gasteiger charge is 2.44. The molecule has 208 valence electrons. The molecule has 40 heavy (non-hydrogen) atoms. The summed E-state index contributed by atoms with van der Waals surface area (Å²) >= 11 is 0. The number of sulfone groups is 1. The van der Waals surface area contributed by atoms with Crippen LogP contribution in [-0.2, 0) is 31.4 Å². The second-order valence-electron chi connectivity index (χ2n) is 9.35. The van der Waals surface area contributed by atoms with E-state index in [0.29, 0.717) is 5.56 Å². The van der Waals surface area contributed by atoms with Gasteiger partial charge in [-0.15, -0.1) is 0 Å². The predicted octanol–water partition coefficient (Wildman–Crippen LogP) is 3.27. The molecule has 1 atom stereocenters. The molecule has 0 saturated heterocycles. The van der Waals surface area contributed by atoms with Gasteiger partial charge >= 0.3 is 10.2 Å². The molecule has 2 aliphatic heterocycles. The van der Waals surface area contributed by atoms with E-state index < -0.39 is 49.3 Å². The van der Waals surface area contributed by atoms with E-state index in [0.717, 1.165) is 27.9 Å². The monoisotopic (exact) mass is 588 g/mol. The fraction of sp³-hybridized carbons (Fsp3) is 0.154. The van der Waals surface area contributed by atoms with E-state index >= 15 is 0 Å². The number of benzene rings is 3. The number of rotatable bonds is 6. The van der Waals surface area contributed by atoms with Crippen molar-refractivity contribution in [3.8, 4) is 0 Å². The van der Waals surface area contributed by atoms with Crippen LogP contribution in [-0.4, -0.2) is 46.9 Å². The van der Waals surface area contributed by atoms with Crippen LogP contribution in [0.2, 0.25) is 0 Å². The Hall–Kier alpha value is -4.14.